The van der Waals surface area contributed by atoms with E-state index in [1.54, 1.807) is 0 Å². The quantitative estimate of drug-likeness (QED) is 0.330. The Hall–Kier alpha value is 0.806. The number of thiophene rings is 1. The van der Waals surface area contributed by atoms with E-state index < -0.39 is 10.1 Å². The summed E-state index contributed by atoms with van der Waals surface area (Å²) in [5, 5.41) is 3.76. The Morgan fingerprint density at radius 1 is 1.35 bits per heavy atom. The van der Waals surface area contributed by atoms with Crippen LogP contribution in [0.2, 0.25) is 0 Å². The molecule has 9 heteroatoms. The average Bonchev–Trinajstić information content (AvgIpc) is 2.79. The molecule has 0 aromatic carbocycles. The smallest absolute Gasteiger partial charge is 0.748 e. The second-order valence-electron chi connectivity index (χ2n) is 4.19. The predicted molar refractivity (Wildman–Crippen MR) is 68.8 cm³/mol. The first-order chi connectivity index (χ1) is 9.04. The summed E-state index contributed by atoms with van der Waals surface area (Å²) in [6.07, 6.45) is 0.715. The van der Waals surface area contributed by atoms with Gasteiger partial charge in [-0.2, -0.15) is 0 Å². The Morgan fingerprint density at radius 3 is 2.85 bits per heavy atom. The SMILES string of the molecule is O=S(=O)([O-])CCCCOCC1COc2cscc2O1.[K+]. The number of rotatable bonds is 7. The van der Waals surface area contributed by atoms with Crippen LogP contribution in [0.15, 0.2) is 10.8 Å². The summed E-state index contributed by atoms with van der Waals surface area (Å²) in [5.41, 5.74) is 0. The van der Waals surface area contributed by atoms with Crippen LogP contribution in [-0.2, 0) is 14.9 Å². The van der Waals surface area contributed by atoms with Gasteiger partial charge in [0.25, 0.3) is 0 Å². The fraction of sp³-hybridized carbons (Fsp3) is 0.636. The van der Waals surface area contributed by atoms with E-state index in [-0.39, 0.29) is 63.2 Å². The molecule has 0 bridgehead atoms. The molecule has 1 aliphatic heterocycles. The third-order valence-electron chi connectivity index (χ3n) is 2.55. The van der Waals surface area contributed by atoms with Gasteiger partial charge in [-0.15, -0.1) is 11.3 Å². The average molecular weight is 346 g/mol. The summed E-state index contributed by atoms with van der Waals surface area (Å²) in [7, 11) is -4.11. The van der Waals surface area contributed by atoms with Crippen molar-refractivity contribution in [1.82, 2.24) is 0 Å². The molecule has 0 N–H and O–H groups in total. The van der Waals surface area contributed by atoms with Crippen molar-refractivity contribution in [1.29, 1.82) is 0 Å². The van der Waals surface area contributed by atoms with Gasteiger partial charge in [-0.1, -0.05) is 0 Å². The molecule has 0 aliphatic carbocycles. The predicted octanol–water partition coefficient (Wildman–Crippen LogP) is -1.77. The minimum atomic E-state index is -4.11. The fourth-order valence-electron chi connectivity index (χ4n) is 1.64. The van der Waals surface area contributed by atoms with E-state index in [4.69, 9.17) is 14.2 Å². The number of hydrogen-bond donors (Lipinski definition) is 0. The van der Waals surface area contributed by atoms with Crippen molar-refractivity contribution >= 4 is 21.5 Å². The Bertz CT molecular complexity index is 501. The van der Waals surface area contributed by atoms with Crippen LogP contribution in [0.4, 0.5) is 0 Å². The third-order valence-corrected chi connectivity index (χ3v) is 4.04. The van der Waals surface area contributed by atoms with E-state index in [9.17, 15) is 13.0 Å². The molecule has 1 aliphatic rings. The van der Waals surface area contributed by atoms with Crippen molar-refractivity contribution in [2.75, 3.05) is 25.6 Å². The number of hydrogen-bond acceptors (Lipinski definition) is 7. The normalized spacial score (nSPS) is 17.6. The van der Waals surface area contributed by atoms with Gasteiger partial charge in [-0.25, -0.2) is 8.42 Å². The van der Waals surface area contributed by atoms with Gasteiger partial charge in [0.05, 0.1) is 16.7 Å². The summed E-state index contributed by atoms with van der Waals surface area (Å²) >= 11 is 1.52. The van der Waals surface area contributed by atoms with Crippen molar-refractivity contribution in [3.63, 3.8) is 0 Å². The van der Waals surface area contributed by atoms with Crippen molar-refractivity contribution in [2.45, 2.75) is 18.9 Å². The van der Waals surface area contributed by atoms with Crippen LogP contribution in [0.3, 0.4) is 0 Å². The van der Waals surface area contributed by atoms with Crippen molar-refractivity contribution in [3.8, 4) is 11.5 Å². The van der Waals surface area contributed by atoms with E-state index in [1.807, 2.05) is 10.8 Å². The maximum atomic E-state index is 10.4. The molecule has 108 valence electrons. The summed E-state index contributed by atoms with van der Waals surface area (Å²) < 4.78 is 47.6. The van der Waals surface area contributed by atoms with E-state index in [1.165, 1.54) is 11.3 Å². The second-order valence-corrected chi connectivity index (χ2v) is 6.46. The van der Waals surface area contributed by atoms with Crippen molar-refractivity contribution in [3.05, 3.63) is 10.8 Å². The van der Waals surface area contributed by atoms with Gasteiger partial charge >= 0.3 is 51.4 Å². The molecule has 0 spiro atoms. The molecule has 0 fully saturated rings. The Balaban J connectivity index is 0.00000200. The number of ether oxygens (including phenoxy) is 3. The first kappa shape index (κ1) is 18.9. The van der Waals surface area contributed by atoms with Gasteiger partial charge < -0.3 is 18.8 Å². The molecule has 0 radical (unpaired) electrons. The van der Waals surface area contributed by atoms with Crippen LogP contribution in [0.1, 0.15) is 12.8 Å². The molecule has 0 amide bonds. The zero-order valence-electron chi connectivity index (χ0n) is 11.2. The van der Waals surface area contributed by atoms with Crippen molar-refractivity contribution < 1.29 is 78.6 Å². The van der Waals surface area contributed by atoms with Gasteiger partial charge in [0, 0.05) is 23.1 Å². The zero-order valence-corrected chi connectivity index (χ0v) is 16.0. The molecule has 6 nitrogen and oxygen atoms in total. The van der Waals surface area contributed by atoms with Gasteiger partial charge in [-0.05, 0) is 12.8 Å². The van der Waals surface area contributed by atoms with E-state index >= 15 is 0 Å². The standard InChI is InChI=1S/C11H16O6S2.K/c12-19(13,14)4-2-1-3-15-5-9-6-16-10-7-18-8-11(10)17-9;/h7-9H,1-6H2,(H,12,13,14);/q;+1/p-1. The molecular formula is C11H15KO6S2. The maximum absolute atomic E-state index is 10.4. The van der Waals surface area contributed by atoms with Gasteiger partial charge in [0.15, 0.2) is 17.6 Å². The van der Waals surface area contributed by atoms with Gasteiger partial charge in [0.2, 0.25) is 0 Å². The summed E-state index contributed by atoms with van der Waals surface area (Å²) in [5.74, 6) is 1.17. The number of unbranched alkanes of at least 4 members (excludes halogenated alkanes) is 1. The zero-order chi connectivity index (χ0) is 13.7. The van der Waals surface area contributed by atoms with E-state index in [2.05, 4.69) is 0 Å². The molecule has 1 aromatic heterocycles. The molecule has 2 rings (SSSR count). The fourth-order valence-corrected chi connectivity index (χ4v) is 2.87. The molecule has 0 saturated carbocycles. The molecule has 1 aromatic rings. The van der Waals surface area contributed by atoms with Crippen LogP contribution >= 0.6 is 11.3 Å². The summed E-state index contributed by atoms with van der Waals surface area (Å²) in [6, 6.07) is 0. The molecule has 0 saturated heterocycles. The van der Waals surface area contributed by atoms with Crippen LogP contribution in [0.25, 0.3) is 0 Å². The Kier molecular flexibility index (Phi) is 8.54. The van der Waals surface area contributed by atoms with Crippen LogP contribution in [0.5, 0.6) is 11.5 Å². The molecule has 2 heterocycles. The minimum absolute atomic E-state index is 0. The van der Waals surface area contributed by atoms with Crippen LogP contribution < -0.4 is 60.9 Å². The second kappa shape index (κ2) is 9.06. The van der Waals surface area contributed by atoms with Crippen LogP contribution in [0, 0.1) is 0 Å². The van der Waals surface area contributed by atoms with Gasteiger partial charge in [0.1, 0.15) is 6.61 Å². The van der Waals surface area contributed by atoms with E-state index in [0.29, 0.717) is 32.7 Å². The summed E-state index contributed by atoms with van der Waals surface area (Å²) in [4.78, 5) is 0. The summed E-state index contributed by atoms with van der Waals surface area (Å²) in [6.45, 7) is 1.24. The van der Waals surface area contributed by atoms with E-state index in [0.717, 1.165) is 11.5 Å². The van der Waals surface area contributed by atoms with Crippen LogP contribution in [-0.4, -0.2) is 44.6 Å². The molecular weight excluding hydrogens is 331 g/mol. The maximum Gasteiger partial charge on any atom is 1.00 e. The van der Waals surface area contributed by atoms with Crippen molar-refractivity contribution in [2.24, 2.45) is 0 Å². The van der Waals surface area contributed by atoms with Gasteiger partial charge in [-0.3, -0.25) is 0 Å². The molecule has 1 atom stereocenters. The first-order valence-electron chi connectivity index (χ1n) is 5.91. The topological polar surface area (TPSA) is 84.9 Å². The minimum Gasteiger partial charge on any atom is -0.748 e. The Morgan fingerprint density at radius 2 is 2.10 bits per heavy atom. The molecule has 20 heavy (non-hydrogen) atoms. The monoisotopic (exact) mass is 346 g/mol. The third kappa shape index (κ3) is 6.71. The largest absolute Gasteiger partial charge is 1.00 e. The molecule has 1 unspecified atom stereocenters. The first-order valence-corrected chi connectivity index (χ1v) is 8.43. The number of fused-ring (bicyclic) bond motifs is 1. The Labute approximate surface area is 165 Å².